The maximum Gasteiger partial charge on any atom is 0.162 e. The summed E-state index contributed by atoms with van der Waals surface area (Å²) in [6.45, 7) is 0. The number of hydrogen-bond donors (Lipinski definition) is 1. The first-order chi connectivity index (χ1) is 8.59. The van der Waals surface area contributed by atoms with Gasteiger partial charge in [0.05, 0.1) is 5.69 Å². The highest BCUT2D eigenvalue weighted by atomic mass is 79.9. The molecule has 0 aliphatic rings. The van der Waals surface area contributed by atoms with Crippen LogP contribution in [0.2, 0.25) is 0 Å². The molecule has 0 aliphatic heterocycles. The Balaban J connectivity index is 2.24. The Hall–Kier alpha value is -1.33. The second-order valence-corrected chi connectivity index (χ2v) is 4.66. The van der Waals surface area contributed by atoms with Gasteiger partial charge in [0, 0.05) is 17.1 Å². The lowest BCUT2D eigenvalue weighted by Crippen LogP contribution is -2.07. The average Bonchev–Trinajstić information content (AvgIpc) is 2.35. The molecule has 2 nitrogen and oxygen atoms in total. The minimum atomic E-state index is -0.989. The van der Waals surface area contributed by atoms with E-state index in [-0.39, 0.29) is 12.0 Å². The first kappa shape index (κ1) is 13.1. The van der Waals surface area contributed by atoms with E-state index in [0.717, 1.165) is 6.07 Å². The molecule has 1 atom stereocenters. The van der Waals surface area contributed by atoms with Crippen LogP contribution in [0.4, 0.5) is 8.78 Å². The van der Waals surface area contributed by atoms with Crippen LogP contribution in [0.15, 0.2) is 41.0 Å². The van der Waals surface area contributed by atoms with Crippen LogP contribution in [0.1, 0.15) is 17.4 Å². The number of nitrogens with zero attached hydrogens (tertiary/aromatic N) is 1. The van der Waals surface area contributed by atoms with Crippen molar-refractivity contribution in [2.75, 3.05) is 0 Å². The van der Waals surface area contributed by atoms with Crippen LogP contribution >= 0.6 is 15.9 Å². The van der Waals surface area contributed by atoms with Crippen molar-refractivity contribution in [2.45, 2.75) is 12.5 Å². The van der Waals surface area contributed by atoms with E-state index in [9.17, 15) is 13.9 Å². The van der Waals surface area contributed by atoms with Gasteiger partial charge in [-0.1, -0.05) is 12.1 Å². The third-order valence-corrected chi connectivity index (χ3v) is 3.22. The molecule has 0 bridgehead atoms. The molecule has 18 heavy (non-hydrogen) atoms. The van der Waals surface area contributed by atoms with Crippen LogP contribution in [0.5, 0.6) is 0 Å². The summed E-state index contributed by atoms with van der Waals surface area (Å²) in [5.41, 5.74) is 0.529. The Labute approximate surface area is 111 Å². The van der Waals surface area contributed by atoms with Crippen molar-refractivity contribution in [1.82, 2.24) is 4.98 Å². The van der Waals surface area contributed by atoms with Crippen LogP contribution in [0, 0.1) is 11.6 Å². The van der Waals surface area contributed by atoms with Crippen LogP contribution in [0.25, 0.3) is 0 Å². The van der Waals surface area contributed by atoms with Gasteiger partial charge < -0.3 is 5.11 Å². The van der Waals surface area contributed by atoms with Crippen LogP contribution < -0.4 is 0 Å². The van der Waals surface area contributed by atoms with Gasteiger partial charge in [-0.15, -0.1) is 0 Å². The topological polar surface area (TPSA) is 33.1 Å². The van der Waals surface area contributed by atoms with Crippen molar-refractivity contribution >= 4 is 15.9 Å². The van der Waals surface area contributed by atoms with Crippen molar-refractivity contribution < 1.29 is 13.9 Å². The number of pyridine rings is 1. The largest absolute Gasteiger partial charge is 0.386 e. The smallest absolute Gasteiger partial charge is 0.162 e. The van der Waals surface area contributed by atoms with Gasteiger partial charge in [-0.25, -0.2) is 8.78 Å². The molecule has 1 N–H and O–H groups in total. The fourth-order valence-electron chi connectivity index (χ4n) is 1.65. The zero-order chi connectivity index (χ0) is 13.1. The lowest BCUT2D eigenvalue weighted by Gasteiger charge is -2.12. The SMILES string of the molecule is OC(Cc1cccc(F)c1F)c1ncccc1Br. The molecule has 0 radical (unpaired) electrons. The van der Waals surface area contributed by atoms with Crippen LogP contribution in [0.3, 0.4) is 0 Å². The Morgan fingerprint density at radius 3 is 2.72 bits per heavy atom. The first-order valence-corrected chi connectivity index (χ1v) is 6.10. The minimum absolute atomic E-state index is 0.0286. The zero-order valence-corrected chi connectivity index (χ0v) is 10.9. The second kappa shape index (κ2) is 5.54. The Bertz CT molecular complexity index is 562. The van der Waals surface area contributed by atoms with Gasteiger partial charge in [0.2, 0.25) is 0 Å². The third kappa shape index (κ3) is 2.73. The normalized spacial score (nSPS) is 12.4. The van der Waals surface area contributed by atoms with Gasteiger partial charge in [0.1, 0.15) is 6.10 Å². The summed E-state index contributed by atoms with van der Waals surface area (Å²) in [6, 6.07) is 7.34. The highest BCUT2D eigenvalue weighted by Crippen LogP contribution is 2.25. The summed E-state index contributed by atoms with van der Waals surface area (Å²) in [5.74, 6) is -1.84. The highest BCUT2D eigenvalue weighted by Gasteiger charge is 2.16. The number of aliphatic hydroxyl groups excluding tert-OH is 1. The van der Waals surface area contributed by atoms with Gasteiger partial charge in [-0.05, 0) is 39.7 Å². The van der Waals surface area contributed by atoms with Gasteiger partial charge in [-0.2, -0.15) is 0 Å². The molecular formula is C13H10BrF2NO. The summed E-state index contributed by atoms with van der Waals surface area (Å²) >= 11 is 3.25. The Kier molecular flexibility index (Phi) is 4.04. The summed E-state index contributed by atoms with van der Waals surface area (Å²) in [5, 5.41) is 9.99. The van der Waals surface area contributed by atoms with E-state index >= 15 is 0 Å². The summed E-state index contributed by atoms with van der Waals surface area (Å²) < 4.78 is 27.1. The standard InChI is InChI=1S/C13H10BrF2NO/c14-9-4-2-6-17-13(9)11(18)7-8-3-1-5-10(15)12(8)16/h1-6,11,18H,7H2. The quantitative estimate of drug-likeness (QED) is 0.942. The molecule has 0 fully saturated rings. The Morgan fingerprint density at radius 1 is 1.22 bits per heavy atom. The minimum Gasteiger partial charge on any atom is -0.386 e. The first-order valence-electron chi connectivity index (χ1n) is 5.31. The number of rotatable bonds is 3. The van der Waals surface area contributed by atoms with Gasteiger partial charge >= 0.3 is 0 Å². The van der Waals surface area contributed by atoms with Crippen molar-refractivity contribution in [1.29, 1.82) is 0 Å². The zero-order valence-electron chi connectivity index (χ0n) is 9.28. The predicted octanol–water partition coefficient (Wildman–Crippen LogP) is 3.40. The molecular weight excluding hydrogens is 304 g/mol. The molecule has 0 saturated heterocycles. The fourth-order valence-corrected chi connectivity index (χ4v) is 2.17. The van der Waals surface area contributed by atoms with Gasteiger partial charge in [0.25, 0.3) is 0 Å². The average molecular weight is 314 g/mol. The van der Waals surface area contributed by atoms with Gasteiger partial charge in [-0.3, -0.25) is 4.98 Å². The molecule has 0 saturated carbocycles. The van der Waals surface area contributed by atoms with E-state index in [1.165, 1.54) is 18.3 Å². The van der Waals surface area contributed by atoms with E-state index in [1.807, 2.05) is 0 Å². The number of benzene rings is 1. The van der Waals surface area contributed by atoms with Crippen molar-refractivity contribution in [2.24, 2.45) is 0 Å². The number of aliphatic hydroxyl groups is 1. The maximum atomic E-state index is 13.5. The third-order valence-electron chi connectivity index (χ3n) is 2.55. The summed E-state index contributed by atoms with van der Waals surface area (Å²) in [4.78, 5) is 4.01. The molecule has 0 aliphatic carbocycles. The molecule has 2 rings (SSSR count). The highest BCUT2D eigenvalue weighted by molar-refractivity contribution is 9.10. The lowest BCUT2D eigenvalue weighted by molar-refractivity contribution is 0.171. The van der Waals surface area contributed by atoms with E-state index in [1.54, 1.807) is 12.1 Å². The lowest BCUT2D eigenvalue weighted by atomic mass is 10.0. The number of aromatic nitrogens is 1. The molecule has 5 heteroatoms. The molecule has 1 unspecified atom stereocenters. The second-order valence-electron chi connectivity index (χ2n) is 3.80. The van der Waals surface area contributed by atoms with Crippen LogP contribution in [-0.2, 0) is 6.42 Å². The van der Waals surface area contributed by atoms with Gasteiger partial charge in [0.15, 0.2) is 11.6 Å². The molecule has 1 aromatic carbocycles. The van der Waals surface area contributed by atoms with Crippen molar-refractivity contribution in [3.8, 4) is 0 Å². The monoisotopic (exact) mass is 313 g/mol. The van der Waals surface area contributed by atoms with Crippen molar-refractivity contribution in [3.05, 3.63) is 63.9 Å². The van der Waals surface area contributed by atoms with Crippen LogP contribution in [-0.4, -0.2) is 10.1 Å². The number of hydrogen-bond acceptors (Lipinski definition) is 2. The molecule has 1 aromatic heterocycles. The molecule has 0 spiro atoms. The Morgan fingerprint density at radius 2 is 2.00 bits per heavy atom. The fraction of sp³-hybridized carbons (Fsp3) is 0.154. The van der Waals surface area contributed by atoms with E-state index in [0.29, 0.717) is 10.2 Å². The van der Waals surface area contributed by atoms with E-state index in [2.05, 4.69) is 20.9 Å². The molecule has 0 amide bonds. The summed E-state index contributed by atoms with van der Waals surface area (Å²) in [7, 11) is 0. The van der Waals surface area contributed by atoms with E-state index < -0.39 is 17.7 Å². The predicted molar refractivity (Wildman–Crippen MR) is 67.0 cm³/mol. The molecule has 2 aromatic rings. The maximum absolute atomic E-state index is 13.5. The van der Waals surface area contributed by atoms with E-state index in [4.69, 9.17) is 0 Å². The summed E-state index contributed by atoms with van der Waals surface area (Å²) in [6.07, 6.45) is 0.515. The molecule has 1 heterocycles. The van der Waals surface area contributed by atoms with Crippen molar-refractivity contribution in [3.63, 3.8) is 0 Å². The number of halogens is 3. The molecule has 94 valence electrons.